The first-order valence-corrected chi connectivity index (χ1v) is 6.41. The molecule has 0 saturated carbocycles. The molecule has 0 aliphatic carbocycles. The predicted molar refractivity (Wildman–Crippen MR) is 73.8 cm³/mol. The number of nitrogens with zero attached hydrogens (tertiary/aromatic N) is 1. The number of rotatable bonds is 3. The highest BCUT2D eigenvalue weighted by atomic mass is 16.6. The smallest absolute Gasteiger partial charge is 0.408 e. The van der Waals surface area contributed by atoms with Gasteiger partial charge < -0.3 is 14.8 Å². The molecule has 1 N–H and O–H groups in total. The Morgan fingerprint density at radius 3 is 1.80 bits per heavy atom. The fourth-order valence-electron chi connectivity index (χ4n) is 1.25. The highest BCUT2D eigenvalue weighted by Crippen LogP contribution is 2.18. The third kappa shape index (κ3) is 6.98. The summed E-state index contributed by atoms with van der Waals surface area (Å²) in [5.41, 5.74) is -2.83. The van der Waals surface area contributed by atoms with Crippen LogP contribution in [0.15, 0.2) is 0 Å². The molecule has 0 saturated heterocycles. The molecule has 0 aromatic heterocycles. The van der Waals surface area contributed by atoms with Crippen LogP contribution in [0.1, 0.15) is 54.9 Å². The summed E-state index contributed by atoms with van der Waals surface area (Å²) in [7, 11) is 0. The number of hydrogen-bond acceptors (Lipinski definition) is 5. The Kier molecular flexibility index (Phi) is 5.58. The molecule has 0 aromatic rings. The number of carbonyl (C=O) groups excluding carboxylic acids is 2. The standard InChI is InChI=1S/C14H24N2O4/c1-12(2,3)19-10(17)14(7,8-9-15)16-11(18)20-13(4,5)6/h8H2,1-7H3,(H,16,18). The van der Waals surface area contributed by atoms with Gasteiger partial charge in [-0.1, -0.05) is 0 Å². The van der Waals surface area contributed by atoms with Crippen LogP contribution in [0, 0.1) is 11.3 Å². The number of nitrogens with one attached hydrogen (secondary N) is 1. The molecule has 0 fully saturated rings. The van der Waals surface area contributed by atoms with E-state index in [1.807, 2.05) is 6.07 Å². The monoisotopic (exact) mass is 284 g/mol. The third-order valence-corrected chi connectivity index (χ3v) is 2.06. The summed E-state index contributed by atoms with van der Waals surface area (Å²) < 4.78 is 10.3. The number of carbonyl (C=O) groups is 2. The van der Waals surface area contributed by atoms with E-state index in [9.17, 15) is 9.59 Å². The number of esters is 1. The van der Waals surface area contributed by atoms with Gasteiger partial charge in [-0.2, -0.15) is 5.26 Å². The molecule has 1 atom stereocenters. The van der Waals surface area contributed by atoms with Gasteiger partial charge in [-0.15, -0.1) is 0 Å². The van der Waals surface area contributed by atoms with Crippen molar-refractivity contribution in [1.29, 1.82) is 5.26 Å². The second-order valence-electron chi connectivity index (χ2n) is 6.80. The molecule has 0 heterocycles. The highest BCUT2D eigenvalue weighted by Gasteiger charge is 2.39. The molecule has 0 bridgehead atoms. The maximum Gasteiger partial charge on any atom is 0.408 e. The van der Waals surface area contributed by atoms with Crippen LogP contribution in [0.4, 0.5) is 4.79 Å². The van der Waals surface area contributed by atoms with Gasteiger partial charge in [0.05, 0.1) is 12.5 Å². The lowest BCUT2D eigenvalue weighted by Crippen LogP contribution is -2.55. The molecule has 114 valence electrons. The maximum absolute atomic E-state index is 12.1. The first-order chi connectivity index (χ1) is 8.79. The van der Waals surface area contributed by atoms with Crippen LogP contribution in [-0.2, 0) is 14.3 Å². The van der Waals surface area contributed by atoms with Crippen molar-refractivity contribution in [2.24, 2.45) is 0 Å². The summed E-state index contributed by atoms with van der Waals surface area (Å²) >= 11 is 0. The number of alkyl carbamates (subject to hydrolysis) is 1. The van der Waals surface area contributed by atoms with Gasteiger partial charge in [0.1, 0.15) is 11.2 Å². The van der Waals surface area contributed by atoms with E-state index in [1.165, 1.54) is 6.92 Å². The SMILES string of the molecule is CC(C)(C)OC(=O)NC(C)(CC#N)C(=O)OC(C)(C)C. The van der Waals surface area contributed by atoms with Crippen LogP contribution in [0.2, 0.25) is 0 Å². The van der Waals surface area contributed by atoms with Gasteiger partial charge >= 0.3 is 12.1 Å². The summed E-state index contributed by atoms with van der Waals surface area (Å²) in [5.74, 6) is -0.669. The third-order valence-electron chi connectivity index (χ3n) is 2.06. The first kappa shape index (κ1) is 18.2. The molecule has 0 aliphatic heterocycles. The predicted octanol–water partition coefficient (Wildman–Crippen LogP) is 2.53. The topological polar surface area (TPSA) is 88.4 Å². The van der Waals surface area contributed by atoms with E-state index >= 15 is 0 Å². The van der Waals surface area contributed by atoms with Crippen LogP contribution in [0.25, 0.3) is 0 Å². The molecule has 6 heteroatoms. The van der Waals surface area contributed by atoms with Gasteiger partial charge in [0.25, 0.3) is 0 Å². The van der Waals surface area contributed by atoms with Gasteiger partial charge in [-0.25, -0.2) is 9.59 Å². The molecule has 0 rings (SSSR count). The van der Waals surface area contributed by atoms with Crippen LogP contribution < -0.4 is 5.32 Å². The number of nitriles is 1. The lowest BCUT2D eigenvalue weighted by atomic mass is 9.98. The highest BCUT2D eigenvalue weighted by molar-refractivity contribution is 5.86. The molecule has 0 spiro atoms. The molecule has 1 unspecified atom stereocenters. The second-order valence-corrected chi connectivity index (χ2v) is 6.80. The van der Waals surface area contributed by atoms with Crippen molar-refractivity contribution in [2.45, 2.75) is 71.6 Å². The summed E-state index contributed by atoms with van der Waals surface area (Å²) in [4.78, 5) is 23.9. The Labute approximate surface area is 120 Å². The maximum atomic E-state index is 12.1. The van der Waals surface area contributed by atoms with Gasteiger partial charge in [-0.05, 0) is 48.5 Å². The fourth-order valence-corrected chi connectivity index (χ4v) is 1.25. The molecular formula is C14H24N2O4. The summed E-state index contributed by atoms with van der Waals surface area (Å²) in [6.07, 6.45) is -0.970. The van der Waals surface area contributed by atoms with E-state index in [4.69, 9.17) is 14.7 Å². The van der Waals surface area contributed by atoms with E-state index in [0.717, 1.165) is 0 Å². The minimum Gasteiger partial charge on any atom is -0.458 e. The van der Waals surface area contributed by atoms with Crippen LogP contribution in [0.5, 0.6) is 0 Å². The molecule has 0 aromatic carbocycles. The van der Waals surface area contributed by atoms with E-state index in [1.54, 1.807) is 41.5 Å². The minimum absolute atomic E-state index is 0.207. The first-order valence-electron chi connectivity index (χ1n) is 6.41. The largest absolute Gasteiger partial charge is 0.458 e. The number of hydrogen-bond donors (Lipinski definition) is 1. The molecule has 0 radical (unpaired) electrons. The lowest BCUT2D eigenvalue weighted by molar-refractivity contribution is -0.162. The Hall–Kier alpha value is -1.77. The van der Waals surface area contributed by atoms with E-state index in [0.29, 0.717) is 0 Å². The average Bonchev–Trinajstić information content (AvgIpc) is 2.10. The van der Waals surface area contributed by atoms with Crippen molar-refractivity contribution in [3.05, 3.63) is 0 Å². The molecule has 1 amide bonds. The van der Waals surface area contributed by atoms with Crippen molar-refractivity contribution in [3.8, 4) is 6.07 Å². The zero-order valence-corrected chi connectivity index (χ0v) is 13.3. The Morgan fingerprint density at radius 1 is 1.00 bits per heavy atom. The van der Waals surface area contributed by atoms with Gasteiger partial charge in [0.2, 0.25) is 0 Å². The van der Waals surface area contributed by atoms with Crippen molar-refractivity contribution < 1.29 is 19.1 Å². The van der Waals surface area contributed by atoms with Crippen molar-refractivity contribution in [1.82, 2.24) is 5.32 Å². The molecule has 20 heavy (non-hydrogen) atoms. The zero-order valence-electron chi connectivity index (χ0n) is 13.3. The van der Waals surface area contributed by atoms with Gasteiger partial charge in [0.15, 0.2) is 5.54 Å². The van der Waals surface area contributed by atoms with Crippen molar-refractivity contribution in [2.75, 3.05) is 0 Å². The van der Waals surface area contributed by atoms with Crippen LogP contribution in [0.3, 0.4) is 0 Å². The molecule has 6 nitrogen and oxygen atoms in total. The van der Waals surface area contributed by atoms with E-state index in [2.05, 4.69) is 5.32 Å². The quantitative estimate of drug-likeness (QED) is 0.804. The van der Waals surface area contributed by atoms with Crippen molar-refractivity contribution >= 4 is 12.1 Å². The van der Waals surface area contributed by atoms with E-state index in [-0.39, 0.29) is 6.42 Å². The van der Waals surface area contributed by atoms with Crippen LogP contribution >= 0.6 is 0 Å². The number of ether oxygens (including phenoxy) is 2. The summed E-state index contributed by atoms with van der Waals surface area (Å²) in [6.45, 7) is 11.7. The fraction of sp³-hybridized carbons (Fsp3) is 0.786. The summed E-state index contributed by atoms with van der Waals surface area (Å²) in [5, 5.41) is 11.3. The normalized spacial score (nSPS) is 14.7. The van der Waals surface area contributed by atoms with Crippen LogP contribution in [-0.4, -0.2) is 28.8 Å². The summed E-state index contributed by atoms with van der Waals surface area (Å²) in [6, 6.07) is 1.87. The molecule has 0 aliphatic rings. The Morgan fingerprint density at radius 2 is 1.45 bits per heavy atom. The van der Waals surface area contributed by atoms with Gasteiger partial charge in [0, 0.05) is 0 Å². The lowest BCUT2D eigenvalue weighted by Gasteiger charge is -2.31. The average molecular weight is 284 g/mol. The zero-order chi connectivity index (χ0) is 16.2. The number of amides is 1. The Bertz CT molecular complexity index is 412. The minimum atomic E-state index is -1.44. The van der Waals surface area contributed by atoms with Crippen molar-refractivity contribution in [3.63, 3.8) is 0 Å². The Balaban J connectivity index is 4.98. The second kappa shape index (κ2) is 6.12. The van der Waals surface area contributed by atoms with E-state index < -0.39 is 28.8 Å². The molecular weight excluding hydrogens is 260 g/mol. The van der Waals surface area contributed by atoms with Gasteiger partial charge in [-0.3, -0.25) is 0 Å².